The molecule has 0 aromatic heterocycles. The molecule has 0 saturated carbocycles. The van der Waals surface area contributed by atoms with Crippen molar-refractivity contribution in [2.75, 3.05) is 13.2 Å². The van der Waals surface area contributed by atoms with Crippen LogP contribution in [0.2, 0.25) is 0 Å². The van der Waals surface area contributed by atoms with Crippen LogP contribution in [0.1, 0.15) is 25.7 Å². The number of carboxylic acid groups (broad SMARTS) is 2. The molecule has 2 rings (SSSR count). The molecular weight excluding hydrogens is 272 g/mol. The van der Waals surface area contributed by atoms with Gasteiger partial charge in [0.1, 0.15) is 12.2 Å². The first-order chi connectivity index (χ1) is 9.54. The summed E-state index contributed by atoms with van der Waals surface area (Å²) in [7, 11) is 0. The van der Waals surface area contributed by atoms with Gasteiger partial charge < -0.3 is 29.2 Å². The van der Waals surface area contributed by atoms with E-state index in [-0.39, 0.29) is 25.0 Å². The molecule has 2 aliphatic rings. The average Bonchev–Trinajstić information content (AvgIpc) is 3.02. The molecule has 0 spiro atoms. The van der Waals surface area contributed by atoms with Crippen molar-refractivity contribution in [2.24, 2.45) is 0 Å². The fourth-order valence-electron chi connectivity index (χ4n) is 2.13. The second-order valence-electron chi connectivity index (χ2n) is 4.74. The van der Waals surface area contributed by atoms with E-state index < -0.39 is 24.5 Å². The average molecular weight is 290 g/mol. The van der Waals surface area contributed by atoms with E-state index in [1.54, 1.807) is 0 Å². The van der Waals surface area contributed by atoms with Crippen molar-refractivity contribution in [3.05, 3.63) is 0 Å². The van der Waals surface area contributed by atoms with Gasteiger partial charge in [0.05, 0.1) is 26.1 Å². The lowest BCUT2D eigenvalue weighted by Gasteiger charge is -2.16. The quantitative estimate of drug-likeness (QED) is 0.684. The van der Waals surface area contributed by atoms with Crippen LogP contribution in [0, 0.1) is 0 Å². The number of ether oxygens (including phenoxy) is 4. The minimum atomic E-state index is -0.894. The van der Waals surface area contributed by atoms with Gasteiger partial charge in [-0.3, -0.25) is 9.59 Å². The van der Waals surface area contributed by atoms with Crippen molar-refractivity contribution < 1.29 is 38.7 Å². The van der Waals surface area contributed by atoms with Crippen LogP contribution in [-0.4, -0.2) is 60.2 Å². The van der Waals surface area contributed by atoms with Crippen molar-refractivity contribution in [1.29, 1.82) is 0 Å². The van der Waals surface area contributed by atoms with Gasteiger partial charge in [-0.15, -0.1) is 0 Å². The van der Waals surface area contributed by atoms with Crippen LogP contribution < -0.4 is 0 Å². The summed E-state index contributed by atoms with van der Waals surface area (Å²) < 4.78 is 21.8. The van der Waals surface area contributed by atoms with Crippen molar-refractivity contribution in [2.45, 2.75) is 50.5 Å². The normalized spacial score (nSPS) is 33.4. The number of hydrogen-bond acceptors (Lipinski definition) is 6. The third-order valence-corrected chi connectivity index (χ3v) is 3.15. The highest BCUT2D eigenvalue weighted by atomic mass is 16.8. The highest BCUT2D eigenvalue weighted by molar-refractivity contribution is 5.66. The smallest absolute Gasteiger partial charge is 0.303 e. The monoisotopic (exact) mass is 290 g/mol. The summed E-state index contributed by atoms with van der Waals surface area (Å²) in [6, 6.07) is 0. The summed E-state index contributed by atoms with van der Waals surface area (Å²) in [6.45, 7) is 0.647. The van der Waals surface area contributed by atoms with E-state index >= 15 is 0 Å². The number of carboxylic acids is 2. The first-order valence-corrected chi connectivity index (χ1v) is 6.52. The Bertz CT molecular complexity index is 323. The maximum absolute atomic E-state index is 10.5. The van der Waals surface area contributed by atoms with E-state index in [2.05, 4.69) is 0 Å². The molecule has 0 amide bonds. The first-order valence-electron chi connectivity index (χ1n) is 6.52. The van der Waals surface area contributed by atoms with Gasteiger partial charge in [0, 0.05) is 12.8 Å². The molecule has 0 aromatic rings. The number of rotatable bonds is 7. The summed E-state index contributed by atoms with van der Waals surface area (Å²) in [5.74, 6) is -1.79. The number of aliphatic carboxylic acids is 2. The Labute approximate surface area is 115 Å². The molecule has 0 aliphatic carbocycles. The van der Waals surface area contributed by atoms with Crippen LogP contribution >= 0.6 is 0 Å². The number of hydrogen-bond donors (Lipinski definition) is 2. The maximum Gasteiger partial charge on any atom is 0.303 e. The van der Waals surface area contributed by atoms with Crippen LogP contribution in [0.5, 0.6) is 0 Å². The fourth-order valence-corrected chi connectivity index (χ4v) is 2.13. The zero-order valence-electron chi connectivity index (χ0n) is 10.9. The van der Waals surface area contributed by atoms with Crippen LogP contribution in [0.15, 0.2) is 0 Å². The Kier molecular flexibility index (Phi) is 5.30. The second kappa shape index (κ2) is 6.98. The first kappa shape index (κ1) is 15.2. The zero-order chi connectivity index (χ0) is 14.5. The second-order valence-corrected chi connectivity index (χ2v) is 4.74. The SMILES string of the molecule is O=C(O)CCC1OCC(C2COC(CCC(=O)O)O2)O1. The summed E-state index contributed by atoms with van der Waals surface area (Å²) in [6.07, 6.45) is -1.10. The highest BCUT2D eigenvalue weighted by Gasteiger charge is 2.38. The van der Waals surface area contributed by atoms with Gasteiger partial charge in [0.2, 0.25) is 0 Å². The Hall–Kier alpha value is -1.22. The molecule has 20 heavy (non-hydrogen) atoms. The molecule has 2 saturated heterocycles. The molecule has 0 radical (unpaired) electrons. The predicted molar refractivity (Wildman–Crippen MR) is 63.0 cm³/mol. The largest absolute Gasteiger partial charge is 0.481 e. The van der Waals surface area contributed by atoms with E-state index in [9.17, 15) is 9.59 Å². The molecule has 2 N–H and O–H groups in total. The Morgan fingerprint density at radius 2 is 1.25 bits per heavy atom. The van der Waals surface area contributed by atoms with Gasteiger partial charge in [-0.05, 0) is 0 Å². The van der Waals surface area contributed by atoms with Gasteiger partial charge in [0.25, 0.3) is 0 Å². The van der Waals surface area contributed by atoms with Crippen molar-refractivity contribution in [3.63, 3.8) is 0 Å². The molecule has 2 heterocycles. The third kappa shape index (κ3) is 4.41. The van der Waals surface area contributed by atoms with E-state index in [4.69, 9.17) is 29.2 Å². The van der Waals surface area contributed by atoms with Crippen LogP contribution in [0.4, 0.5) is 0 Å². The van der Waals surface area contributed by atoms with Gasteiger partial charge in [-0.1, -0.05) is 0 Å². The minimum Gasteiger partial charge on any atom is -0.481 e. The van der Waals surface area contributed by atoms with E-state index in [1.165, 1.54) is 0 Å². The molecule has 8 heteroatoms. The Balaban J connectivity index is 1.69. The summed E-state index contributed by atoms with van der Waals surface area (Å²) in [5, 5.41) is 17.2. The standard InChI is InChI=1S/C12H18O8/c13-9(14)1-3-11-17-5-7(19-11)8-6-18-12(20-8)4-2-10(15)16/h7-8,11-12H,1-6H2,(H,13,14)(H,15,16). The minimum absolute atomic E-state index is 0.0132. The molecule has 2 fully saturated rings. The Morgan fingerprint density at radius 3 is 1.60 bits per heavy atom. The molecule has 8 nitrogen and oxygen atoms in total. The molecule has 114 valence electrons. The van der Waals surface area contributed by atoms with Crippen molar-refractivity contribution in [3.8, 4) is 0 Å². The lowest BCUT2D eigenvalue weighted by atomic mass is 10.2. The van der Waals surface area contributed by atoms with E-state index in [0.29, 0.717) is 26.1 Å². The molecule has 2 aliphatic heterocycles. The van der Waals surface area contributed by atoms with Crippen LogP contribution in [0.25, 0.3) is 0 Å². The molecular formula is C12H18O8. The maximum atomic E-state index is 10.5. The third-order valence-electron chi connectivity index (χ3n) is 3.15. The Morgan fingerprint density at radius 1 is 0.850 bits per heavy atom. The summed E-state index contributed by atoms with van der Waals surface area (Å²) in [4.78, 5) is 20.9. The van der Waals surface area contributed by atoms with Crippen LogP contribution in [-0.2, 0) is 28.5 Å². The topological polar surface area (TPSA) is 112 Å². The number of carbonyl (C=O) groups is 2. The van der Waals surface area contributed by atoms with E-state index in [0.717, 1.165) is 0 Å². The molecule has 4 atom stereocenters. The van der Waals surface area contributed by atoms with Gasteiger partial charge in [-0.2, -0.15) is 0 Å². The van der Waals surface area contributed by atoms with E-state index in [1.807, 2.05) is 0 Å². The fraction of sp³-hybridized carbons (Fsp3) is 0.833. The van der Waals surface area contributed by atoms with Crippen molar-refractivity contribution in [1.82, 2.24) is 0 Å². The zero-order valence-corrected chi connectivity index (χ0v) is 10.9. The summed E-state index contributed by atoms with van der Waals surface area (Å²) >= 11 is 0. The highest BCUT2D eigenvalue weighted by Crippen LogP contribution is 2.25. The van der Waals surface area contributed by atoms with Crippen LogP contribution in [0.3, 0.4) is 0 Å². The lowest BCUT2D eigenvalue weighted by molar-refractivity contribution is -0.143. The van der Waals surface area contributed by atoms with Gasteiger partial charge in [0.15, 0.2) is 12.6 Å². The molecule has 4 unspecified atom stereocenters. The summed E-state index contributed by atoms with van der Waals surface area (Å²) in [5.41, 5.74) is 0. The molecule has 0 bridgehead atoms. The molecule has 0 aromatic carbocycles. The van der Waals surface area contributed by atoms with Crippen molar-refractivity contribution >= 4 is 11.9 Å². The lowest BCUT2D eigenvalue weighted by Crippen LogP contribution is -2.31. The van der Waals surface area contributed by atoms with Gasteiger partial charge in [-0.25, -0.2) is 0 Å². The predicted octanol–water partition coefficient (Wildman–Crippen LogP) is 0.199. The van der Waals surface area contributed by atoms with Gasteiger partial charge >= 0.3 is 11.9 Å².